The van der Waals surface area contributed by atoms with Gasteiger partial charge in [0.25, 0.3) is 0 Å². The van der Waals surface area contributed by atoms with E-state index < -0.39 is 5.82 Å². The molecule has 0 aromatic heterocycles. The Labute approximate surface area is 101 Å². The van der Waals surface area contributed by atoms with Crippen LogP contribution in [0.5, 0.6) is 0 Å². The van der Waals surface area contributed by atoms with Crippen molar-refractivity contribution in [3.8, 4) is 0 Å². The Morgan fingerprint density at radius 2 is 2.06 bits per heavy atom. The highest BCUT2D eigenvalue weighted by Gasteiger charge is 2.33. The summed E-state index contributed by atoms with van der Waals surface area (Å²) in [4.78, 5) is 1.82. The lowest BCUT2D eigenvalue weighted by atomic mass is 10.0. The molecule has 2 nitrogen and oxygen atoms in total. The van der Waals surface area contributed by atoms with Gasteiger partial charge >= 0.3 is 0 Å². The maximum atomic E-state index is 13.6. The number of halogens is 2. The molecule has 0 radical (unpaired) electrons. The van der Waals surface area contributed by atoms with Gasteiger partial charge in [-0.25, -0.2) is 8.78 Å². The van der Waals surface area contributed by atoms with Crippen molar-refractivity contribution in [2.24, 2.45) is 0 Å². The van der Waals surface area contributed by atoms with Crippen molar-refractivity contribution in [2.45, 2.75) is 31.8 Å². The molecule has 1 aromatic rings. The summed E-state index contributed by atoms with van der Waals surface area (Å²) in [5.41, 5.74) is 0.387. The number of likely N-dealkylation sites (N-methyl/N-ethyl adjacent to an activating group) is 1. The number of rotatable bonds is 2. The summed E-state index contributed by atoms with van der Waals surface area (Å²) in [7, 11) is 1.81. The van der Waals surface area contributed by atoms with Crippen molar-refractivity contribution < 1.29 is 8.78 Å². The Balaban J connectivity index is 2.20. The molecule has 0 spiro atoms. The largest absolute Gasteiger partial charge is 0.368 e. The fourth-order valence-electron chi connectivity index (χ4n) is 2.35. The Kier molecular flexibility index (Phi) is 3.08. The van der Waals surface area contributed by atoms with E-state index in [0.29, 0.717) is 5.69 Å². The van der Waals surface area contributed by atoms with E-state index in [2.05, 4.69) is 19.2 Å². The number of benzene rings is 1. The molecule has 1 heterocycles. The predicted octanol–water partition coefficient (Wildman–Crippen LogP) is 2.54. The monoisotopic (exact) mass is 240 g/mol. The summed E-state index contributed by atoms with van der Waals surface area (Å²) in [6, 6.07) is 3.76. The number of nitrogens with one attached hydrogen (secondary N) is 1. The quantitative estimate of drug-likeness (QED) is 0.854. The summed E-state index contributed by atoms with van der Waals surface area (Å²) in [6.07, 6.45) is 0.916. The second-order valence-corrected chi connectivity index (χ2v) is 5.33. The lowest BCUT2D eigenvalue weighted by Gasteiger charge is -2.27. The molecular formula is C13H18F2N2. The zero-order valence-corrected chi connectivity index (χ0v) is 10.4. The minimum absolute atomic E-state index is 0.0583. The van der Waals surface area contributed by atoms with Gasteiger partial charge < -0.3 is 10.2 Å². The van der Waals surface area contributed by atoms with E-state index in [1.807, 2.05) is 11.9 Å². The van der Waals surface area contributed by atoms with E-state index in [1.165, 1.54) is 12.1 Å². The lowest BCUT2D eigenvalue weighted by molar-refractivity contribution is 0.453. The van der Waals surface area contributed by atoms with Crippen molar-refractivity contribution in [3.05, 3.63) is 29.8 Å². The average Bonchev–Trinajstić information content (AvgIpc) is 2.61. The standard InChI is InChI=1S/C13H18F2N2/c1-13(2)7-10(8-16-13)17(3)12-6-9(14)4-5-11(12)15/h4-6,10,16H,7-8H2,1-3H3. The fourth-order valence-corrected chi connectivity index (χ4v) is 2.35. The highest BCUT2D eigenvalue weighted by molar-refractivity contribution is 5.48. The van der Waals surface area contributed by atoms with Gasteiger partial charge in [0.2, 0.25) is 0 Å². The van der Waals surface area contributed by atoms with Crippen molar-refractivity contribution in [1.29, 1.82) is 0 Å². The Morgan fingerprint density at radius 1 is 1.35 bits per heavy atom. The molecular weight excluding hydrogens is 222 g/mol. The van der Waals surface area contributed by atoms with Gasteiger partial charge in [0.1, 0.15) is 11.6 Å². The van der Waals surface area contributed by atoms with Crippen LogP contribution in [0.3, 0.4) is 0 Å². The predicted molar refractivity (Wildman–Crippen MR) is 65.2 cm³/mol. The molecule has 1 N–H and O–H groups in total. The minimum Gasteiger partial charge on any atom is -0.368 e. The molecule has 94 valence electrons. The van der Waals surface area contributed by atoms with Gasteiger partial charge in [-0.3, -0.25) is 0 Å². The molecule has 0 saturated carbocycles. The second-order valence-electron chi connectivity index (χ2n) is 5.33. The summed E-state index contributed by atoms with van der Waals surface area (Å²) in [5, 5.41) is 3.37. The molecule has 1 aliphatic heterocycles. The topological polar surface area (TPSA) is 15.3 Å². The van der Waals surface area contributed by atoms with Crippen LogP contribution in [0.25, 0.3) is 0 Å². The van der Waals surface area contributed by atoms with Crippen molar-refractivity contribution >= 4 is 5.69 Å². The van der Waals surface area contributed by atoms with E-state index in [1.54, 1.807) is 0 Å². The number of hydrogen-bond donors (Lipinski definition) is 1. The fraction of sp³-hybridized carbons (Fsp3) is 0.538. The Hall–Kier alpha value is -1.16. The minimum atomic E-state index is -0.404. The van der Waals surface area contributed by atoms with Crippen LogP contribution in [0.15, 0.2) is 18.2 Å². The maximum absolute atomic E-state index is 13.6. The van der Waals surface area contributed by atoms with Crippen LogP contribution in [0.2, 0.25) is 0 Å². The molecule has 0 amide bonds. The van der Waals surface area contributed by atoms with E-state index in [4.69, 9.17) is 0 Å². The summed E-state index contributed by atoms with van der Waals surface area (Å²) in [5.74, 6) is -0.780. The zero-order valence-electron chi connectivity index (χ0n) is 10.4. The number of nitrogens with zero attached hydrogens (tertiary/aromatic N) is 1. The van der Waals surface area contributed by atoms with Crippen LogP contribution in [0.1, 0.15) is 20.3 Å². The van der Waals surface area contributed by atoms with E-state index in [9.17, 15) is 8.78 Å². The number of anilines is 1. The third kappa shape index (κ3) is 2.57. The molecule has 2 rings (SSSR count). The summed E-state index contributed by atoms with van der Waals surface area (Å²) in [6.45, 7) is 5.02. The molecule has 0 aliphatic carbocycles. The third-order valence-electron chi connectivity index (χ3n) is 3.40. The first-order chi connectivity index (χ1) is 7.89. The molecule has 4 heteroatoms. The van der Waals surface area contributed by atoms with Crippen LogP contribution in [-0.4, -0.2) is 25.2 Å². The molecule has 1 aromatic carbocycles. The smallest absolute Gasteiger partial charge is 0.146 e. The van der Waals surface area contributed by atoms with Crippen molar-refractivity contribution in [3.63, 3.8) is 0 Å². The van der Waals surface area contributed by atoms with Crippen LogP contribution in [0, 0.1) is 11.6 Å². The SMILES string of the molecule is CN(c1cc(F)ccc1F)C1CNC(C)(C)C1. The van der Waals surface area contributed by atoms with Crippen molar-refractivity contribution in [1.82, 2.24) is 5.32 Å². The van der Waals surface area contributed by atoms with Gasteiger partial charge in [0.05, 0.1) is 5.69 Å². The average molecular weight is 240 g/mol. The van der Waals surface area contributed by atoms with Gasteiger partial charge in [-0.05, 0) is 32.4 Å². The van der Waals surface area contributed by atoms with Crippen LogP contribution >= 0.6 is 0 Å². The Bertz CT molecular complexity index is 418. The summed E-state index contributed by atoms with van der Waals surface area (Å²) < 4.78 is 26.8. The molecule has 0 bridgehead atoms. The van der Waals surface area contributed by atoms with E-state index in [-0.39, 0.29) is 17.4 Å². The molecule has 1 saturated heterocycles. The van der Waals surface area contributed by atoms with Crippen LogP contribution in [0.4, 0.5) is 14.5 Å². The van der Waals surface area contributed by atoms with Crippen LogP contribution in [-0.2, 0) is 0 Å². The summed E-state index contributed by atoms with van der Waals surface area (Å²) >= 11 is 0. The van der Waals surface area contributed by atoms with Gasteiger partial charge in [-0.15, -0.1) is 0 Å². The molecule has 1 aliphatic rings. The molecule has 1 unspecified atom stereocenters. The lowest BCUT2D eigenvalue weighted by Crippen LogP contribution is -2.33. The van der Waals surface area contributed by atoms with Gasteiger partial charge in [-0.2, -0.15) is 0 Å². The highest BCUT2D eigenvalue weighted by atomic mass is 19.1. The molecule has 1 fully saturated rings. The zero-order chi connectivity index (χ0) is 12.6. The highest BCUT2D eigenvalue weighted by Crippen LogP contribution is 2.27. The Morgan fingerprint density at radius 3 is 2.65 bits per heavy atom. The first-order valence-corrected chi connectivity index (χ1v) is 5.82. The van der Waals surface area contributed by atoms with E-state index >= 15 is 0 Å². The third-order valence-corrected chi connectivity index (χ3v) is 3.40. The first kappa shape index (κ1) is 12.3. The normalized spacial score (nSPS) is 22.8. The van der Waals surface area contributed by atoms with Gasteiger partial charge in [0, 0.05) is 31.2 Å². The maximum Gasteiger partial charge on any atom is 0.146 e. The number of hydrogen-bond acceptors (Lipinski definition) is 2. The van der Waals surface area contributed by atoms with E-state index in [0.717, 1.165) is 19.0 Å². The van der Waals surface area contributed by atoms with Gasteiger partial charge in [0.15, 0.2) is 0 Å². The molecule has 1 atom stereocenters. The van der Waals surface area contributed by atoms with Crippen molar-refractivity contribution in [2.75, 3.05) is 18.5 Å². The first-order valence-electron chi connectivity index (χ1n) is 5.82. The van der Waals surface area contributed by atoms with Gasteiger partial charge in [-0.1, -0.05) is 0 Å². The molecule has 17 heavy (non-hydrogen) atoms. The van der Waals surface area contributed by atoms with Crippen LogP contribution < -0.4 is 10.2 Å². The second kappa shape index (κ2) is 4.26.